The van der Waals surface area contributed by atoms with Crippen LogP contribution < -0.4 is 0 Å². The molecule has 1 aromatic rings. The Kier molecular flexibility index (Phi) is 4.42. The number of nitrogens with zero attached hydrogens (tertiary/aromatic N) is 1. The molecule has 4 nitrogen and oxygen atoms in total. The van der Waals surface area contributed by atoms with Crippen molar-refractivity contribution in [2.45, 2.75) is 44.6 Å². The zero-order valence-corrected chi connectivity index (χ0v) is 11.8. The zero-order valence-electron chi connectivity index (χ0n) is 11.8. The number of carboxylic acids is 1. The minimum atomic E-state index is -1.20. The molecule has 0 bridgehead atoms. The summed E-state index contributed by atoms with van der Waals surface area (Å²) < 4.78 is 0. The normalized spacial score (nSPS) is 21.6. The number of rotatable bonds is 5. The van der Waals surface area contributed by atoms with Crippen molar-refractivity contribution in [1.29, 1.82) is 0 Å². The first-order valence-corrected chi connectivity index (χ1v) is 7.20. The summed E-state index contributed by atoms with van der Waals surface area (Å²) in [5, 5.41) is 9.89. The third-order valence-electron chi connectivity index (χ3n) is 4.13. The molecule has 0 fully saturated rings. The van der Waals surface area contributed by atoms with Gasteiger partial charge in [0.05, 0.1) is 0 Å². The van der Waals surface area contributed by atoms with Gasteiger partial charge in [0, 0.05) is 6.54 Å². The van der Waals surface area contributed by atoms with Crippen molar-refractivity contribution in [3.63, 3.8) is 0 Å². The Hall–Kier alpha value is -1.84. The predicted molar refractivity (Wildman–Crippen MR) is 76.4 cm³/mol. The van der Waals surface area contributed by atoms with Gasteiger partial charge in [-0.05, 0) is 43.2 Å². The maximum absolute atomic E-state index is 12.1. The molecule has 0 aromatic heterocycles. The van der Waals surface area contributed by atoms with Crippen LogP contribution in [0.2, 0.25) is 0 Å². The Morgan fingerprint density at radius 1 is 1.40 bits per heavy atom. The Morgan fingerprint density at radius 3 is 2.80 bits per heavy atom. The van der Waals surface area contributed by atoms with Crippen LogP contribution in [0.1, 0.15) is 43.7 Å². The van der Waals surface area contributed by atoms with E-state index in [9.17, 15) is 14.7 Å². The highest BCUT2D eigenvalue weighted by atomic mass is 16.4. The summed E-state index contributed by atoms with van der Waals surface area (Å²) in [4.78, 5) is 25.0. The molecule has 20 heavy (non-hydrogen) atoms. The number of benzene rings is 1. The lowest BCUT2D eigenvalue weighted by Gasteiger charge is -2.39. The Labute approximate surface area is 119 Å². The molecule has 4 heteroatoms. The van der Waals surface area contributed by atoms with Crippen LogP contribution in [-0.2, 0) is 21.5 Å². The Morgan fingerprint density at radius 2 is 2.15 bits per heavy atom. The summed E-state index contributed by atoms with van der Waals surface area (Å²) >= 11 is 0. The lowest BCUT2D eigenvalue weighted by molar-refractivity contribution is -0.157. The molecule has 0 saturated heterocycles. The second kappa shape index (κ2) is 6.07. The highest BCUT2D eigenvalue weighted by Crippen LogP contribution is 2.39. The largest absolute Gasteiger partial charge is 0.479 e. The van der Waals surface area contributed by atoms with E-state index >= 15 is 0 Å². The van der Waals surface area contributed by atoms with Crippen LogP contribution in [0.15, 0.2) is 24.3 Å². The lowest BCUT2D eigenvalue weighted by atomic mass is 9.83. The van der Waals surface area contributed by atoms with Gasteiger partial charge in [0.1, 0.15) is 0 Å². The van der Waals surface area contributed by atoms with Crippen molar-refractivity contribution in [1.82, 2.24) is 4.90 Å². The standard InChI is InChI=1S/C16H21NO3/c1-2-11-17(12-18)16(15(19)20)10-6-5-8-13-7-3-4-9-14(13)16/h3-4,7,9,12H,2,5-6,8,10-11H2,1H3,(H,19,20). The van der Waals surface area contributed by atoms with Crippen molar-refractivity contribution in [2.24, 2.45) is 0 Å². The van der Waals surface area contributed by atoms with Gasteiger partial charge in [-0.1, -0.05) is 31.2 Å². The number of hydrogen-bond acceptors (Lipinski definition) is 2. The van der Waals surface area contributed by atoms with E-state index in [4.69, 9.17) is 0 Å². The monoisotopic (exact) mass is 275 g/mol. The summed E-state index contributed by atoms with van der Waals surface area (Å²) in [5.74, 6) is -0.924. The summed E-state index contributed by atoms with van der Waals surface area (Å²) in [5.41, 5.74) is 0.631. The minimum absolute atomic E-state index is 0.462. The number of amides is 1. The van der Waals surface area contributed by atoms with Gasteiger partial charge in [-0.15, -0.1) is 0 Å². The van der Waals surface area contributed by atoms with Crippen molar-refractivity contribution < 1.29 is 14.7 Å². The van der Waals surface area contributed by atoms with E-state index in [2.05, 4.69) is 0 Å². The van der Waals surface area contributed by atoms with Gasteiger partial charge in [0.25, 0.3) is 0 Å². The summed E-state index contributed by atoms with van der Waals surface area (Å²) in [7, 11) is 0. The minimum Gasteiger partial charge on any atom is -0.479 e. The molecule has 0 spiro atoms. The zero-order chi connectivity index (χ0) is 14.6. The van der Waals surface area contributed by atoms with Gasteiger partial charge < -0.3 is 10.0 Å². The molecule has 0 heterocycles. The van der Waals surface area contributed by atoms with Crippen LogP contribution in [0.25, 0.3) is 0 Å². The Balaban J connectivity index is 2.61. The fourth-order valence-electron chi connectivity index (χ4n) is 3.19. The highest BCUT2D eigenvalue weighted by molar-refractivity contribution is 5.84. The molecule has 0 radical (unpaired) electrons. The maximum Gasteiger partial charge on any atom is 0.334 e. The van der Waals surface area contributed by atoms with Gasteiger partial charge in [-0.3, -0.25) is 4.79 Å². The van der Waals surface area contributed by atoms with E-state index in [1.807, 2.05) is 31.2 Å². The van der Waals surface area contributed by atoms with Crippen molar-refractivity contribution in [3.05, 3.63) is 35.4 Å². The molecule has 2 rings (SSSR count). The first kappa shape index (κ1) is 14.6. The van der Waals surface area contributed by atoms with Gasteiger partial charge in [-0.25, -0.2) is 4.79 Å². The molecule has 0 aliphatic heterocycles. The number of carboxylic acid groups (broad SMARTS) is 1. The van der Waals surface area contributed by atoms with Crippen molar-refractivity contribution >= 4 is 12.4 Å². The van der Waals surface area contributed by atoms with Gasteiger partial charge in [0.15, 0.2) is 5.54 Å². The second-order valence-corrected chi connectivity index (χ2v) is 5.33. The molecule has 1 atom stereocenters. The maximum atomic E-state index is 12.1. The smallest absolute Gasteiger partial charge is 0.334 e. The number of aryl methyl sites for hydroxylation is 1. The predicted octanol–water partition coefficient (Wildman–Crippen LogP) is 2.56. The summed E-state index contributed by atoms with van der Waals surface area (Å²) in [6.45, 7) is 2.42. The molecule has 1 aromatic carbocycles. The van der Waals surface area contributed by atoms with Crippen LogP contribution in [0.5, 0.6) is 0 Å². The van der Waals surface area contributed by atoms with Crippen LogP contribution in [0, 0.1) is 0 Å². The molecule has 1 aliphatic rings. The molecule has 0 saturated carbocycles. The average Bonchev–Trinajstić information content (AvgIpc) is 2.65. The molecular formula is C16H21NO3. The third-order valence-corrected chi connectivity index (χ3v) is 4.13. The van der Waals surface area contributed by atoms with Crippen molar-refractivity contribution in [2.75, 3.05) is 6.54 Å². The third kappa shape index (κ3) is 2.30. The molecule has 1 aliphatic carbocycles. The SMILES string of the molecule is CCCN(C=O)C1(C(=O)O)CCCCc2ccccc21. The lowest BCUT2D eigenvalue weighted by Crippen LogP contribution is -2.52. The summed E-state index contributed by atoms with van der Waals surface area (Å²) in [6, 6.07) is 7.63. The molecule has 1 N–H and O–H groups in total. The van der Waals surface area contributed by atoms with E-state index in [0.29, 0.717) is 19.4 Å². The second-order valence-electron chi connectivity index (χ2n) is 5.33. The number of carbonyl (C=O) groups is 2. The van der Waals surface area contributed by atoms with Crippen LogP contribution in [0.3, 0.4) is 0 Å². The summed E-state index contributed by atoms with van der Waals surface area (Å²) in [6.07, 6.45) is 4.58. The highest BCUT2D eigenvalue weighted by Gasteiger charge is 2.46. The van der Waals surface area contributed by atoms with E-state index in [-0.39, 0.29) is 0 Å². The molecule has 1 amide bonds. The van der Waals surface area contributed by atoms with E-state index in [0.717, 1.165) is 36.8 Å². The average molecular weight is 275 g/mol. The topological polar surface area (TPSA) is 57.6 Å². The van der Waals surface area contributed by atoms with Crippen LogP contribution in [0.4, 0.5) is 0 Å². The fourth-order valence-corrected chi connectivity index (χ4v) is 3.19. The number of fused-ring (bicyclic) bond motifs is 1. The van der Waals surface area contributed by atoms with Gasteiger partial charge in [0.2, 0.25) is 6.41 Å². The molecular weight excluding hydrogens is 254 g/mol. The van der Waals surface area contributed by atoms with Crippen molar-refractivity contribution in [3.8, 4) is 0 Å². The molecule has 108 valence electrons. The first-order valence-electron chi connectivity index (χ1n) is 7.20. The van der Waals surface area contributed by atoms with Gasteiger partial charge in [-0.2, -0.15) is 0 Å². The number of carbonyl (C=O) groups excluding carboxylic acids is 1. The number of aliphatic carboxylic acids is 1. The van der Waals surface area contributed by atoms with E-state index in [1.165, 1.54) is 4.90 Å². The van der Waals surface area contributed by atoms with E-state index < -0.39 is 11.5 Å². The number of hydrogen-bond donors (Lipinski definition) is 1. The fraction of sp³-hybridized carbons (Fsp3) is 0.500. The first-order chi connectivity index (χ1) is 9.66. The Bertz CT molecular complexity index is 500. The quantitative estimate of drug-likeness (QED) is 0.663. The van der Waals surface area contributed by atoms with Crippen LogP contribution >= 0.6 is 0 Å². The van der Waals surface area contributed by atoms with Crippen LogP contribution in [-0.4, -0.2) is 28.9 Å². The molecule has 1 unspecified atom stereocenters. The van der Waals surface area contributed by atoms with E-state index in [1.54, 1.807) is 0 Å². The van der Waals surface area contributed by atoms with Gasteiger partial charge >= 0.3 is 5.97 Å².